The lowest BCUT2D eigenvalue weighted by Gasteiger charge is -2.16. The van der Waals surface area contributed by atoms with Crippen LogP contribution < -0.4 is 10.6 Å². The van der Waals surface area contributed by atoms with Crippen LogP contribution in [0.1, 0.15) is 46.5 Å². The van der Waals surface area contributed by atoms with E-state index >= 15 is 0 Å². The molecule has 104 valence electrons. The van der Waals surface area contributed by atoms with Crippen molar-refractivity contribution in [2.75, 3.05) is 0 Å². The summed E-state index contributed by atoms with van der Waals surface area (Å²) in [4.78, 5) is 22.7. The number of urea groups is 1. The average Bonchev–Trinajstić information content (AvgIpc) is 2.95. The zero-order valence-corrected chi connectivity index (χ0v) is 11.4. The lowest BCUT2D eigenvalue weighted by atomic mass is 10.0. The van der Waals surface area contributed by atoms with E-state index in [0.717, 1.165) is 19.3 Å². The van der Waals surface area contributed by atoms with Crippen LogP contribution in [0.25, 0.3) is 0 Å². The molecule has 0 aromatic carbocycles. The molecule has 0 spiro atoms. The van der Waals surface area contributed by atoms with Gasteiger partial charge in [-0.1, -0.05) is 27.2 Å². The highest BCUT2D eigenvalue weighted by atomic mass is 16.4. The number of carboxylic acids is 1. The summed E-state index contributed by atoms with van der Waals surface area (Å²) in [5.41, 5.74) is 0. The molecule has 0 aromatic heterocycles. The molecule has 0 aliphatic heterocycles. The van der Waals surface area contributed by atoms with Gasteiger partial charge in [0.15, 0.2) is 0 Å². The Balaban J connectivity index is 2.31. The Bertz CT molecular complexity index is 305. The van der Waals surface area contributed by atoms with E-state index in [1.165, 1.54) is 0 Å². The molecule has 2 amide bonds. The predicted molar refractivity (Wildman–Crippen MR) is 69.3 cm³/mol. The average molecular weight is 256 g/mol. The Morgan fingerprint density at radius 2 is 2.06 bits per heavy atom. The van der Waals surface area contributed by atoms with Crippen molar-refractivity contribution in [3.63, 3.8) is 0 Å². The lowest BCUT2D eigenvalue weighted by molar-refractivity contribution is -0.139. The monoisotopic (exact) mass is 256 g/mol. The van der Waals surface area contributed by atoms with Crippen LogP contribution in [0.2, 0.25) is 0 Å². The number of rotatable bonds is 7. The number of carbonyl (C=O) groups is 2. The fourth-order valence-corrected chi connectivity index (χ4v) is 2.18. The standard InChI is InChI=1S/C13H24N2O3/c1-4-5-9-7-10(9)14-13(18)15-11(12(16)17)6-8(2)3/h8-11H,4-7H2,1-3H3,(H,16,17)(H2,14,15,18). The fourth-order valence-electron chi connectivity index (χ4n) is 2.18. The van der Waals surface area contributed by atoms with Crippen LogP contribution in [0.3, 0.4) is 0 Å². The van der Waals surface area contributed by atoms with Crippen LogP contribution in [0, 0.1) is 11.8 Å². The van der Waals surface area contributed by atoms with Gasteiger partial charge in [0.25, 0.3) is 0 Å². The maximum absolute atomic E-state index is 11.7. The maximum atomic E-state index is 11.7. The molecular formula is C13H24N2O3. The highest BCUT2D eigenvalue weighted by Gasteiger charge is 2.37. The number of amides is 2. The molecule has 1 saturated carbocycles. The highest BCUT2D eigenvalue weighted by molar-refractivity contribution is 5.82. The predicted octanol–water partition coefficient (Wildman–Crippen LogP) is 1.97. The fraction of sp³-hybridized carbons (Fsp3) is 0.846. The molecular weight excluding hydrogens is 232 g/mol. The number of hydrogen-bond donors (Lipinski definition) is 3. The van der Waals surface area contributed by atoms with Gasteiger partial charge in [-0.05, 0) is 31.1 Å². The summed E-state index contributed by atoms with van der Waals surface area (Å²) in [6.07, 6.45) is 3.71. The highest BCUT2D eigenvalue weighted by Crippen LogP contribution is 2.34. The van der Waals surface area contributed by atoms with Gasteiger partial charge < -0.3 is 15.7 Å². The summed E-state index contributed by atoms with van der Waals surface area (Å²) in [5.74, 6) is -0.158. The van der Waals surface area contributed by atoms with Gasteiger partial charge in [-0.15, -0.1) is 0 Å². The van der Waals surface area contributed by atoms with Gasteiger partial charge in [0.05, 0.1) is 0 Å². The normalized spacial score (nSPS) is 23.6. The topological polar surface area (TPSA) is 78.4 Å². The Labute approximate surface area is 108 Å². The smallest absolute Gasteiger partial charge is 0.326 e. The quantitative estimate of drug-likeness (QED) is 0.651. The van der Waals surface area contributed by atoms with Gasteiger partial charge in [0.2, 0.25) is 0 Å². The number of carbonyl (C=O) groups excluding carboxylic acids is 1. The van der Waals surface area contributed by atoms with E-state index in [2.05, 4.69) is 17.6 Å². The molecule has 1 aliphatic rings. The Morgan fingerprint density at radius 1 is 1.39 bits per heavy atom. The minimum Gasteiger partial charge on any atom is -0.480 e. The van der Waals surface area contributed by atoms with E-state index in [1.54, 1.807) is 0 Å². The lowest BCUT2D eigenvalue weighted by Crippen LogP contribution is -2.47. The van der Waals surface area contributed by atoms with Crippen LogP contribution in [0.5, 0.6) is 0 Å². The molecule has 5 nitrogen and oxygen atoms in total. The zero-order valence-electron chi connectivity index (χ0n) is 11.4. The van der Waals surface area contributed by atoms with Gasteiger partial charge in [-0.25, -0.2) is 9.59 Å². The van der Waals surface area contributed by atoms with E-state index in [-0.39, 0.29) is 18.0 Å². The minimum atomic E-state index is -0.972. The molecule has 1 aliphatic carbocycles. The van der Waals surface area contributed by atoms with Crippen molar-refractivity contribution in [1.29, 1.82) is 0 Å². The first kappa shape index (κ1) is 14.8. The molecule has 3 unspecified atom stereocenters. The summed E-state index contributed by atoms with van der Waals surface area (Å²) in [7, 11) is 0. The van der Waals surface area contributed by atoms with Crippen molar-refractivity contribution in [2.45, 2.75) is 58.5 Å². The molecule has 0 aromatic rings. The maximum Gasteiger partial charge on any atom is 0.326 e. The zero-order chi connectivity index (χ0) is 13.7. The number of carboxylic acid groups (broad SMARTS) is 1. The van der Waals surface area contributed by atoms with Gasteiger partial charge in [0, 0.05) is 6.04 Å². The largest absolute Gasteiger partial charge is 0.480 e. The molecule has 1 rings (SSSR count). The molecule has 0 heterocycles. The van der Waals surface area contributed by atoms with Gasteiger partial charge >= 0.3 is 12.0 Å². The third kappa shape index (κ3) is 4.94. The Kier molecular flexibility index (Phi) is 5.44. The second-order valence-corrected chi connectivity index (χ2v) is 5.53. The van der Waals surface area contributed by atoms with E-state index in [0.29, 0.717) is 12.3 Å². The first-order chi connectivity index (χ1) is 8.43. The third-order valence-corrected chi connectivity index (χ3v) is 3.21. The molecule has 0 radical (unpaired) electrons. The number of aliphatic carboxylic acids is 1. The molecule has 5 heteroatoms. The summed E-state index contributed by atoms with van der Waals surface area (Å²) in [6.45, 7) is 6.00. The second kappa shape index (κ2) is 6.61. The Hall–Kier alpha value is -1.26. The first-order valence-corrected chi connectivity index (χ1v) is 6.73. The van der Waals surface area contributed by atoms with E-state index < -0.39 is 12.0 Å². The molecule has 1 fully saturated rings. The molecule has 0 bridgehead atoms. The summed E-state index contributed by atoms with van der Waals surface area (Å²) < 4.78 is 0. The van der Waals surface area contributed by atoms with Crippen LogP contribution in [-0.2, 0) is 4.79 Å². The third-order valence-electron chi connectivity index (χ3n) is 3.21. The molecule has 18 heavy (non-hydrogen) atoms. The van der Waals surface area contributed by atoms with Gasteiger partial charge in [-0.3, -0.25) is 0 Å². The SMILES string of the molecule is CCCC1CC1NC(=O)NC(CC(C)C)C(=O)O. The van der Waals surface area contributed by atoms with E-state index in [9.17, 15) is 9.59 Å². The first-order valence-electron chi connectivity index (χ1n) is 6.73. The minimum absolute atomic E-state index is 0.235. The van der Waals surface area contributed by atoms with Crippen LogP contribution in [-0.4, -0.2) is 29.2 Å². The van der Waals surface area contributed by atoms with Crippen LogP contribution >= 0.6 is 0 Å². The number of hydrogen-bond acceptors (Lipinski definition) is 2. The van der Waals surface area contributed by atoms with Crippen molar-refractivity contribution in [2.24, 2.45) is 11.8 Å². The Morgan fingerprint density at radius 3 is 2.56 bits per heavy atom. The van der Waals surface area contributed by atoms with Gasteiger partial charge in [0.1, 0.15) is 6.04 Å². The molecule has 3 N–H and O–H groups in total. The van der Waals surface area contributed by atoms with Crippen LogP contribution in [0.15, 0.2) is 0 Å². The second-order valence-electron chi connectivity index (χ2n) is 5.53. The van der Waals surface area contributed by atoms with Gasteiger partial charge in [-0.2, -0.15) is 0 Å². The van der Waals surface area contributed by atoms with Crippen molar-refractivity contribution >= 4 is 12.0 Å². The number of nitrogens with one attached hydrogen (secondary N) is 2. The molecule has 0 saturated heterocycles. The van der Waals surface area contributed by atoms with Crippen molar-refractivity contribution in [3.05, 3.63) is 0 Å². The van der Waals surface area contributed by atoms with E-state index in [1.807, 2.05) is 13.8 Å². The van der Waals surface area contributed by atoms with Crippen molar-refractivity contribution in [1.82, 2.24) is 10.6 Å². The van der Waals surface area contributed by atoms with E-state index in [4.69, 9.17) is 5.11 Å². The summed E-state index contributed by atoms with van der Waals surface area (Å²) in [5, 5.41) is 14.4. The molecule has 3 atom stereocenters. The summed E-state index contributed by atoms with van der Waals surface area (Å²) in [6, 6.07) is -0.918. The van der Waals surface area contributed by atoms with Crippen LogP contribution in [0.4, 0.5) is 4.79 Å². The van der Waals surface area contributed by atoms with Crippen molar-refractivity contribution in [3.8, 4) is 0 Å². The summed E-state index contributed by atoms with van der Waals surface area (Å²) >= 11 is 0. The van der Waals surface area contributed by atoms with Crippen molar-refractivity contribution < 1.29 is 14.7 Å².